The zero-order chi connectivity index (χ0) is 25.6. The van der Waals surface area contributed by atoms with Crippen LogP contribution in [0.1, 0.15) is 30.7 Å². The summed E-state index contributed by atoms with van der Waals surface area (Å²) < 4.78 is 13.5. The molecule has 11 heteroatoms. The molecule has 0 aliphatic heterocycles. The van der Waals surface area contributed by atoms with Gasteiger partial charge in [-0.3, -0.25) is 0 Å². The monoisotopic (exact) mass is 635 g/mol. The third kappa shape index (κ3) is 7.21. The summed E-state index contributed by atoms with van der Waals surface area (Å²) in [4.78, 5) is 0. The van der Waals surface area contributed by atoms with Gasteiger partial charge in [-0.1, -0.05) is 48.9 Å². The highest BCUT2D eigenvalue weighted by atomic mass is 127. The van der Waals surface area contributed by atoms with Gasteiger partial charge in [0.15, 0.2) is 0 Å². The van der Waals surface area contributed by atoms with Crippen LogP contribution < -0.4 is 9.47 Å². The average molecular weight is 636 g/mol. The third-order valence-electron chi connectivity index (χ3n) is 5.55. The van der Waals surface area contributed by atoms with Crippen molar-refractivity contribution in [2.45, 2.75) is 44.6 Å². The van der Waals surface area contributed by atoms with Gasteiger partial charge in [0.2, 0.25) is 0 Å². The number of rotatable bonds is 12. The fourth-order valence-electron chi connectivity index (χ4n) is 3.37. The summed E-state index contributed by atoms with van der Waals surface area (Å²) in [7, 11) is 0. The Balaban J connectivity index is 1.60. The highest BCUT2D eigenvalue weighted by molar-refractivity contribution is 14.1. The number of aliphatic hydroxyl groups is 3. The standard InChI is InChI=1S/C24H28Cl2IN3O5/c1-24(2,16-5-8-22(20(26)9-16)35-13-17(32)10-25)15-3-6-19(7-4-15)34-14-18(33)11-30-23(27)21(12-31)28-29-30/h3-9,17-18,31-33H,10-14H2,1-2H3/t17-,18+/m1/s1. The lowest BCUT2D eigenvalue weighted by molar-refractivity contribution is 0.0881. The molecule has 0 spiro atoms. The van der Waals surface area contributed by atoms with Crippen LogP contribution in [-0.4, -0.2) is 61.6 Å². The molecule has 0 unspecified atom stereocenters. The van der Waals surface area contributed by atoms with Crippen LogP contribution in [0.25, 0.3) is 0 Å². The van der Waals surface area contributed by atoms with E-state index in [4.69, 9.17) is 32.7 Å². The number of ether oxygens (including phenoxy) is 2. The number of hydrogen-bond acceptors (Lipinski definition) is 7. The first-order chi connectivity index (χ1) is 16.6. The molecule has 0 amide bonds. The van der Waals surface area contributed by atoms with Crippen molar-refractivity contribution in [3.05, 3.63) is 68.0 Å². The van der Waals surface area contributed by atoms with Crippen LogP contribution in [0, 0.1) is 3.70 Å². The normalized spacial score (nSPS) is 13.5. The van der Waals surface area contributed by atoms with Crippen LogP contribution >= 0.6 is 45.8 Å². The number of nitrogens with zero attached hydrogens (tertiary/aromatic N) is 3. The Labute approximate surface area is 227 Å². The van der Waals surface area contributed by atoms with E-state index in [0.717, 1.165) is 11.1 Å². The predicted octanol–water partition coefficient (Wildman–Crippen LogP) is 3.77. The number of alkyl halides is 1. The molecule has 0 fully saturated rings. The summed E-state index contributed by atoms with van der Waals surface area (Å²) in [6.07, 6.45) is -1.54. The summed E-state index contributed by atoms with van der Waals surface area (Å²) in [5.41, 5.74) is 2.19. The van der Waals surface area contributed by atoms with Crippen molar-refractivity contribution in [1.82, 2.24) is 15.0 Å². The Hall–Kier alpha value is -1.63. The van der Waals surface area contributed by atoms with E-state index in [1.54, 1.807) is 6.07 Å². The molecule has 2 atom stereocenters. The van der Waals surface area contributed by atoms with Crippen molar-refractivity contribution >= 4 is 45.8 Å². The molecule has 190 valence electrons. The number of benzene rings is 2. The largest absolute Gasteiger partial charge is 0.491 e. The number of aliphatic hydroxyl groups excluding tert-OH is 3. The Morgan fingerprint density at radius 3 is 2.29 bits per heavy atom. The molecule has 3 rings (SSSR count). The molecule has 0 radical (unpaired) electrons. The highest BCUT2D eigenvalue weighted by Gasteiger charge is 2.24. The van der Waals surface area contributed by atoms with E-state index in [2.05, 4.69) is 24.2 Å². The second kappa shape index (κ2) is 12.6. The van der Waals surface area contributed by atoms with E-state index in [0.29, 0.717) is 25.9 Å². The van der Waals surface area contributed by atoms with Crippen LogP contribution in [0.5, 0.6) is 11.5 Å². The van der Waals surface area contributed by atoms with E-state index in [-0.39, 0.29) is 37.7 Å². The summed E-state index contributed by atoms with van der Waals surface area (Å²) in [6.45, 7) is 4.36. The van der Waals surface area contributed by atoms with Gasteiger partial charge in [0.1, 0.15) is 46.3 Å². The molecule has 1 heterocycles. The van der Waals surface area contributed by atoms with Crippen molar-refractivity contribution in [3.63, 3.8) is 0 Å². The minimum absolute atomic E-state index is 0.0733. The Bertz CT molecular complexity index is 1110. The van der Waals surface area contributed by atoms with Crippen molar-refractivity contribution in [2.75, 3.05) is 19.1 Å². The first kappa shape index (κ1) is 27.9. The van der Waals surface area contributed by atoms with Gasteiger partial charge in [-0.05, 0) is 58.0 Å². The summed E-state index contributed by atoms with van der Waals surface area (Å²) in [5.74, 6) is 1.21. The van der Waals surface area contributed by atoms with Gasteiger partial charge in [0.25, 0.3) is 0 Å². The molecule has 0 bridgehead atoms. The Kier molecular flexibility index (Phi) is 10.0. The SMILES string of the molecule is CC(C)(c1ccc(OC[C@@H](O)Cn2nnc(CO)c2I)cc1)c1ccc(OC[C@H](O)CCl)c(Cl)c1. The van der Waals surface area contributed by atoms with E-state index >= 15 is 0 Å². The van der Waals surface area contributed by atoms with Crippen molar-refractivity contribution in [1.29, 1.82) is 0 Å². The maximum Gasteiger partial charge on any atom is 0.138 e. The molecule has 2 aromatic carbocycles. The Morgan fingerprint density at radius 1 is 1.03 bits per heavy atom. The highest BCUT2D eigenvalue weighted by Crippen LogP contribution is 2.36. The van der Waals surface area contributed by atoms with Gasteiger partial charge >= 0.3 is 0 Å². The molecule has 35 heavy (non-hydrogen) atoms. The van der Waals surface area contributed by atoms with E-state index in [9.17, 15) is 15.3 Å². The van der Waals surface area contributed by atoms with E-state index in [1.807, 2.05) is 59.0 Å². The average Bonchev–Trinajstić information content (AvgIpc) is 3.20. The Morgan fingerprint density at radius 2 is 1.69 bits per heavy atom. The smallest absolute Gasteiger partial charge is 0.138 e. The van der Waals surface area contributed by atoms with Crippen LogP contribution in [0.15, 0.2) is 42.5 Å². The van der Waals surface area contributed by atoms with Crippen LogP contribution in [0.4, 0.5) is 0 Å². The van der Waals surface area contributed by atoms with Gasteiger partial charge in [-0.25, -0.2) is 4.68 Å². The van der Waals surface area contributed by atoms with E-state index < -0.39 is 12.2 Å². The quantitative estimate of drug-likeness (QED) is 0.205. The fourth-order valence-corrected chi connectivity index (χ4v) is 4.26. The molecule has 0 aliphatic rings. The second-order valence-electron chi connectivity index (χ2n) is 8.55. The van der Waals surface area contributed by atoms with E-state index in [1.165, 1.54) is 4.68 Å². The molecular weight excluding hydrogens is 608 g/mol. The predicted molar refractivity (Wildman–Crippen MR) is 142 cm³/mol. The maximum absolute atomic E-state index is 10.3. The topological polar surface area (TPSA) is 110 Å². The molecule has 0 aliphatic carbocycles. The first-order valence-corrected chi connectivity index (χ1v) is 12.9. The first-order valence-electron chi connectivity index (χ1n) is 10.9. The summed E-state index contributed by atoms with van der Waals surface area (Å²) in [6, 6.07) is 13.3. The van der Waals surface area contributed by atoms with Crippen molar-refractivity contribution < 1.29 is 24.8 Å². The van der Waals surface area contributed by atoms with Crippen LogP contribution in [-0.2, 0) is 18.6 Å². The zero-order valence-electron chi connectivity index (χ0n) is 19.4. The lowest BCUT2D eigenvalue weighted by Crippen LogP contribution is -2.25. The minimum atomic E-state index is -0.790. The van der Waals surface area contributed by atoms with Crippen LogP contribution in [0.2, 0.25) is 5.02 Å². The number of halogens is 3. The zero-order valence-corrected chi connectivity index (χ0v) is 23.0. The lowest BCUT2D eigenvalue weighted by atomic mass is 9.78. The molecule has 1 aromatic heterocycles. The van der Waals surface area contributed by atoms with Gasteiger partial charge in [0.05, 0.1) is 24.1 Å². The number of aromatic nitrogens is 3. The lowest BCUT2D eigenvalue weighted by Gasteiger charge is -2.27. The second-order valence-corrected chi connectivity index (χ2v) is 10.3. The van der Waals surface area contributed by atoms with Crippen LogP contribution in [0.3, 0.4) is 0 Å². The molecule has 8 nitrogen and oxygen atoms in total. The van der Waals surface area contributed by atoms with Crippen molar-refractivity contribution in [3.8, 4) is 11.5 Å². The number of hydrogen-bond donors (Lipinski definition) is 3. The van der Waals surface area contributed by atoms with Crippen molar-refractivity contribution in [2.24, 2.45) is 0 Å². The van der Waals surface area contributed by atoms with Gasteiger partial charge in [-0.15, -0.1) is 16.7 Å². The maximum atomic E-state index is 10.3. The summed E-state index contributed by atoms with van der Waals surface area (Å²) >= 11 is 14.1. The fraction of sp³-hybridized carbons (Fsp3) is 0.417. The molecule has 0 saturated heterocycles. The third-order valence-corrected chi connectivity index (χ3v) is 7.38. The minimum Gasteiger partial charge on any atom is -0.491 e. The van der Waals surface area contributed by atoms with Gasteiger partial charge < -0.3 is 24.8 Å². The molecule has 3 N–H and O–H groups in total. The molecule has 3 aromatic rings. The molecule has 0 saturated carbocycles. The van der Waals surface area contributed by atoms with Gasteiger partial charge in [-0.2, -0.15) is 0 Å². The molecular formula is C24H28Cl2IN3O5. The summed E-state index contributed by atoms with van der Waals surface area (Å²) in [5, 5.41) is 37.4. The van der Waals surface area contributed by atoms with Gasteiger partial charge in [0, 0.05) is 5.41 Å².